The van der Waals surface area contributed by atoms with Crippen LogP contribution in [0.1, 0.15) is 18.4 Å². The van der Waals surface area contributed by atoms with Crippen LogP contribution in [0.2, 0.25) is 5.02 Å². The fourth-order valence-corrected chi connectivity index (χ4v) is 3.83. The predicted octanol–water partition coefficient (Wildman–Crippen LogP) is 1.86. The van der Waals surface area contributed by atoms with E-state index < -0.39 is 10.0 Å². The van der Waals surface area contributed by atoms with Crippen molar-refractivity contribution in [3.05, 3.63) is 28.8 Å². The number of ether oxygens (including phenoxy) is 1. The van der Waals surface area contributed by atoms with Gasteiger partial charge < -0.3 is 10.1 Å². The lowest BCUT2D eigenvalue weighted by molar-refractivity contribution is 0.0979. The summed E-state index contributed by atoms with van der Waals surface area (Å²) in [5.74, 6) is 0. The number of benzene rings is 1. The molecule has 0 radical (unpaired) electrons. The van der Waals surface area contributed by atoms with Crippen molar-refractivity contribution in [2.24, 2.45) is 0 Å². The molecule has 2 rings (SSSR count). The van der Waals surface area contributed by atoms with Gasteiger partial charge >= 0.3 is 0 Å². The second-order valence-corrected chi connectivity index (χ2v) is 7.66. The fraction of sp³-hybridized carbons (Fsp3) is 0.571. The van der Waals surface area contributed by atoms with E-state index in [0.717, 1.165) is 18.4 Å². The van der Waals surface area contributed by atoms with Gasteiger partial charge in [0, 0.05) is 31.8 Å². The van der Waals surface area contributed by atoms with Gasteiger partial charge in [-0.25, -0.2) is 8.42 Å². The zero-order chi connectivity index (χ0) is 15.5. The van der Waals surface area contributed by atoms with E-state index in [4.69, 9.17) is 16.3 Å². The Labute approximate surface area is 131 Å². The summed E-state index contributed by atoms with van der Waals surface area (Å²) in [6.45, 7) is 1.62. The van der Waals surface area contributed by atoms with Gasteiger partial charge in [-0.2, -0.15) is 4.31 Å². The van der Waals surface area contributed by atoms with E-state index >= 15 is 0 Å². The van der Waals surface area contributed by atoms with E-state index in [9.17, 15) is 8.42 Å². The Hall–Kier alpha value is -0.660. The van der Waals surface area contributed by atoms with E-state index in [1.54, 1.807) is 32.3 Å². The summed E-state index contributed by atoms with van der Waals surface area (Å²) in [4.78, 5) is 0.262. The van der Waals surface area contributed by atoms with Gasteiger partial charge in [0.1, 0.15) is 0 Å². The average Bonchev–Trinajstić information content (AvgIpc) is 2.94. The predicted molar refractivity (Wildman–Crippen MR) is 83.0 cm³/mol. The normalized spacial score (nSPS) is 19.3. The molecule has 5 nitrogen and oxygen atoms in total. The molecule has 0 bridgehead atoms. The first kappa shape index (κ1) is 16.7. The Bertz CT molecular complexity index is 586. The summed E-state index contributed by atoms with van der Waals surface area (Å²) >= 11 is 6.07. The summed E-state index contributed by atoms with van der Waals surface area (Å²) in [7, 11) is -0.138. The lowest BCUT2D eigenvalue weighted by atomic mass is 10.2. The van der Waals surface area contributed by atoms with Crippen LogP contribution < -0.4 is 5.32 Å². The SMILES string of the molecule is CNCc1cc(S(=O)(=O)N(C)CC2CCCO2)ccc1Cl. The van der Waals surface area contributed by atoms with Crippen molar-refractivity contribution >= 4 is 21.6 Å². The number of hydrogen-bond donors (Lipinski definition) is 1. The van der Waals surface area contributed by atoms with Crippen LogP contribution in [0.3, 0.4) is 0 Å². The first-order valence-electron chi connectivity index (χ1n) is 6.96. The van der Waals surface area contributed by atoms with Gasteiger partial charge in [0.2, 0.25) is 10.0 Å². The molecule has 1 N–H and O–H groups in total. The van der Waals surface area contributed by atoms with Crippen LogP contribution in [0, 0.1) is 0 Å². The number of likely N-dealkylation sites (N-methyl/N-ethyl adjacent to an activating group) is 1. The van der Waals surface area contributed by atoms with Crippen LogP contribution in [-0.4, -0.2) is 46.1 Å². The molecule has 21 heavy (non-hydrogen) atoms. The Morgan fingerprint density at radius 2 is 2.24 bits per heavy atom. The van der Waals surface area contributed by atoms with Gasteiger partial charge in [0.15, 0.2) is 0 Å². The maximum atomic E-state index is 12.6. The Morgan fingerprint density at radius 3 is 2.86 bits per heavy atom. The van der Waals surface area contributed by atoms with Gasteiger partial charge in [-0.1, -0.05) is 11.6 Å². The summed E-state index contributed by atoms with van der Waals surface area (Å²) in [5, 5.41) is 3.54. The molecule has 1 aliphatic heterocycles. The van der Waals surface area contributed by atoms with Crippen molar-refractivity contribution in [1.29, 1.82) is 0 Å². The first-order chi connectivity index (χ1) is 9.95. The van der Waals surface area contributed by atoms with E-state index in [0.29, 0.717) is 24.7 Å². The van der Waals surface area contributed by atoms with E-state index in [2.05, 4.69) is 5.32 Å². The minimum Gasteiger partial charge on any atom is -0.377 e. The smallest absolute Gasteiger partial charge is 0.242 e. The molecule has 0 aliphatic carbocycles. The largest absolute Gasteiger partial charge is 0.377 e. The van der Waals surface area contributed by atoms with E-state index in [1.165, 1.54) is 4.31 Å². The minimum absolute atomic E-state index is 0.00569. The van der Waals surface area contributed by atoms with Crippen molar-refractivity contribution in [3.63, 3.8) is 0 Å². The van der Waals surface area contributed by atoms with Crippen LogP contribution in [0.5, 0.6) is 0 Å². The van der Waals surface area contributed by atoms with Gasteiger partial charge in [-0.3, -0.25) is 0 Å². The molecule has 1 aliphatic rings. The second kappa shape index (κ2) is 7.07. The molecule has 0 spiro atoms. The van der Waals surface area contributed by atoms with Gasteiger partial charge in [-0.15, -0.1) is 0 Å². The second-order valence-electron chi connectivity index (χ2n) is 5.20. The molecule has 7 heteroatoms. The van der Waals surface area contributed by atoms with E-state index in [-0.39, 0.29) is 11.0 Å². The van der Waals surface area contributed by atoms with Crippen molar-refractivity contribution in [1.82, 2.24) is 9.62 Å². The molecular formula is C14H21ClN2O3S. The molecule has 118 valence electrons. The molecule has 1 aromatic carbocycles. The average molecular weight is 333 g/mol. The highest BCUT2D eigenvalue weighted by Crippen LogP contribution is 2.23. The molecule has 1 heterocycles. The summed E-state index contributed by atoms with van der Waals surface area (Å²) in [5.41, 5.74) is 0.769. The third kappa shape index (κ3) is 3.96. The number of rotatable bonds is 6. The van der Waals surface area contributed by atoms with Crippen molar-refractivity contribution < 1.29 is 13.2 Å². The van der Waals surface area contributed by atoms with Crippen molar-refractivity contribution in [2.75, 3.05) is 27.2 Å². The highest BCUT2D eigenvalue weighted by molar-refractivity contribution is 7.89. The summed E-state index contributed by atoms with van der Waals surface area (Å²) in [6, 6.07) is 4.80. The highest BCUT2D eigenvalue weighted by Gasteiger charge is 2.26. The maximum absolute atomic E-state index is 12.6. The molecule has 0 saturated carbocycles. The van der Waals surface area contributed by atoms with Crippen molar-refractivity contribution in [2.45, 2.75) is 30.4 Å². The van der Waals surface area contributed by atoms with Crippen LogP contribution in [-0.2, 0) is 21.3 Å². The zero-order valence-electron chi connectivity index (χ0n) is 12.3. The Balaban J connectivity index is 2.19. The number of nitrogens with one attached hydrogen (secondary N) is 1. The van der Waals surface area contributed by atoms with Crippen LogP contribution >= 0.6 is 11.6 Å². The molecule has 1 fully saturated rings. The Kier molecular flexibility index (Phi) is 5.62. The summed E-state index contributed by atoms with van der Waals surface area (Å²) < 4.78 is 32.0. The number of sulfonamides is 1. The number of nitrogens with zero attached hydrogens (tertiary/aromatic N) is 1. The maximum Gasteiger partial charge on any atom is 0.242 e. The van der Waals surface area contributed by atoms with Crippen LogP contribution in [0.25, 0.3) is 0 Å². The fourth-order valence-electron chi connectivity index (χ4n) is 2.39. The van der Waals surface area contributed by atoms with E-state index in [1.807, 2.05) is 0 Å². The zero-order valence-corrected chi connectivity index (χ0v) is 13.9. The standard InChI is InChI=1S/C14H21ClN2O3S/c1-16-9-11-8-13(5-6-14(11)15)21(18,19)17(2)10-12-4-3-7-20-12/h5-6,8,12,16H,3-4,7,9-10H2,1-2H3. The van der Waals surface area contributed by atoms with Gasteiger partial charge in [-0.05, 0) is 43.7 Å². The molecule has 1 saturated heterocycles. The molecule has 0 amide bonds. The number of hydrogen-bond acceptors (Lipinski definition) is 4. The molecular weight excluding hydrogens is 312 g/mol. The highest BCUT2D eigenvalue weighted by atomic mass is 35.5. The quantitative estimate of drug-likeness (QED) is 0.864. The van der Waals surface area contributed by atoms with Gasteiger partial charge in [0.25, 0.3) is 0 Å². The Morgan fingerprint density at radius 1 is 1.48 bits per heavy atom. The lowest BCUT2D eigenvalue weighted by Gasteiger charge is -2.21. The molecule has 1 aromatic rings. The lowest BCUT2D eigenvalue weighted by Crippen LogP contribution is -2.34. The number of halogens is 1. The molecule has 0 aromatic heterocycles. The van der Waals surface area contributed by atoms with Gasteiger partial charge in [0.05, 0.1) is 11.0 Å². The monoisotopic (exact) mass is 332 g/mol. The molecule has 1 unspecified atom stereocenters. The van der Waals surface area contributed by atoms with Crippen molar-refractivity contribution in [3.8, 4) is 0 Å². The van der Waals surface area contributed by atoms with Crippen LogP contribution in [0.4, 0.5) is 0 Å². The summed E-state index contributed by atoms with van der Waals surface area (Å²) in [6.07, 6.45) is 1.89. The topological polar surface area (TPSA) is 58.6 Å². The minimum atomic E-state index is -3.52. The van der Waals surface area contributed by atoms with Crippen LogP contribution in [0.15, 0.2) is 23.1 Å². The third-order valence-corrected chi connectivity index (χ3v) is 5.77. The molecule has 1 atom stereocenters. The third-order valence-electron chi connectivity index (χ3n) is 3.58. The first-order valence-corrected chi connectivity index (χ1v) is 8.78.